The molecule has 0 aliphatic carbocycles. The minimum Gasteiger partial charge on any atom is -0.458 e. The number of hydrogen-bond donors (Lipinski definition) is 0. The average Bonchev–Trinajstić information content (AvgIpc) is 2.87. The van der Waals surface area contributed by atoms with Crippen molar-refractivity contribution in [2.24, 2.45) is 0 Å². The smallest absolute Gasteiger partial charge is 0.330 e. The van der Waals surface area contributed by atoms with Gasteiger partial charge < -0.3 is 9.64 Å². The van der Waals surface area contributed by atoms with Gasteiger partial charge in [-0.15, -0.1) is 0 Å². The summed E-state index contributed by atoms with van der Waals surface area (Å²) in [6.45, 7) is 12.3. The SMILES string of the molecule is C=CC(=O)OCc1ccc(-c2ccc(N(c3ccc(C)c(C)c3)c3ccc(C)c(C)c3)cc2)cc1. The number of rotatable bonds is 7. The van der Waals surface area contributed by atoms with Gasteiger partial charge in [0.1, 0.15) is 6.61 Å². The van der Waals surface area contributed by atoms with E-state index in [0.717, 1.165) is 33.8 Å². The first kappa shape index (κ1) is 24.0. The Morgan fingerprint density at radius 3 is 1.60 bits per heavy atom. The molecule has 3 heteroatoms. The molecule has 0 amide bonds. The minimum atomic E-state index is -0.415. The average molecular weight is 462 g/mol. The lowest BCUT2D eigenvalue weighted by Crippen LogP contribution is -2.10. The molecule has 0 atom stereocenters. The van der Waals surface area contributed by atoms with Crippen LogP contribution >= 0.6 is 0 Å². The predicted octanol–water partition coefficient (Wildman–Crippen LogP) is 8.29. The van der Waals surface area contributed by atoms with E-state index in [1.54, 1.807) is 0 Å². The summed E-state index contributed by atoms with van der Waals surface area (Å²) in [4.78, 5) is 13.6. The number of carbonyl (C=O) groups excluding carboxylic acids is 1. The van der Waals surface area contributed by atoms with Gasteiger partial charge in [-0.3, -0.25) is 0 Å². The largest absolute Gasteiger partial charge is 0.458 e. The maximum absolute atomic E-state index is 11.3. The predicted molar refractivity (Wildman–Crippen MR) is 146 cm³/mol. The van der Waals surface area contributed by atoms with Gasteiger partial charge in [-0.1, -0.05) is 55.1 Å². The Bertz CT molecular complexity index is 1300. The molecule has 0 saturated carbocycles. The van der Waals surface area contributed by atoms with Crippen molar-refractivity contribution in [3.63, 3.8) is 0 Å². The fourth-order valence-electron chi connectivity index (χ4n) is 3.99. The lowest BCUT2D eigenvalue weighted by molar-refractivity contribution is -0.138. The highest BCUT2D eigenvalue weighted by Crippen LogP contribution is 2.37. The summed E-state index contributed by atoms with van der Waals surface area (Å²) in [5.41, 5.74) is 11.7. The van der Waals surface area contributed by atoms with Crippen LogP contribution in [0.4, 0.5) is 17.1 Å². The van der Waals surface area contributed by atoms with E-state index < -0.39 is 5.97 Å². The molecule has 0 aliphatic heterocycles. The van der Waals surface area contributed by atoms with Crippen molar-refractivity contribution in [3.05, 3.63) is 125 Å². The van der Waals surface area contributed by atoms with Gasteiger partial charge >= 0.3 is 5.97 Å². The quantitative estimate of drug-likeness (QED) is 0.205. The van der Waals surface area contributed by atoms with Crippen molar-refractivity contribution in [3.8, 4) is 11.1 Å². The summed E-state index contributed by atoms with van der Waals surface area (Å²) in [5.74, 6) is -0.415. The van der Waals surface area contributed by atoms with Crippen LogP contribution in [0, 0.1) is 27.7 Å². The first-order chi connectivity index (χ1) is 16.9. The van der Waals surface area contributed by atoms with Crippen molar-refractivity contribution in [2.75, 3.05) is 4.90 Å². The summed E-state index contributed by atoms with van der Waals surface area (Å²) in [5, 5.41) is 0. The maximum Gasteiger partial charge on any atom is 0.330 e. The number of carbonyl (C=O) groups is 1. The summed E-state index contributed by atoms with van der Waals surface area (Å²) < 4.78 is 5.12. The van der Waals surface area contributed by atoms with Crippen LogP contribution in [0.15, 0.2) is 97.6 Å². The van der Waals surface area contributed by atoms with Gasteiger partial charge in [0.05, 0.1) is 0 Å². The summed E-state index contributed by atoms with van der Waals surface area (Å²) in [6, 6.07) is 29.9. The van der Waals surface area contributed by atoms with Crippen LogP contribution in [0.3, 0.4) is 0 Å². The van der Waals surface area contributed by atoms with Gasteiger partial charge in [-0.2, -0.15) is 0 Å². The van der Waals surface area contributed by atoms with E-state index in [-0.39, 0.29) is 6.61 Å². The Kier molecular flexibility index (Phi) is 7.17. The second kappa shape index (κ2) is 10.4. The van der Waals surface area contributed by atoms with E-state index in [1.807, 2.05) is 12.1 Å². The lowest BCUT2D eigenvalue weighted by Gasteiger charge is -2.27. The van der Waals surface area contributed by atoms with Crippen LogP contribution < -0.4 is 4.90 Å². The van der Waals surface area contributed by atoms with Crippen LogP contribution in [0.1, 0.15) is 27.8 Å². The zero-order valence-corrected chi connectivity index (χ0v) is 20.8. The zero-order chi connectivity index (χ0) is 24.9. The monoisotopic (exact) mass is 461 g/mol. The third-order valence-electron chi connectivity index (χ3n) is 6.46. The molecule has 4 rings (SSSR count). The third kappa shape index (κ3) is 5.52. The number of nitrogens with zero attached hydrogens (tertiary/aromatic N) is 1. The third-order valence-corrected chi connectivity index (χ3v) is 6.46. The number of benzene rings is 4. The Labute approximate surface area is 208 Å². The maximum atomic E-state index is 11.3. The number of aryl methyl sites for hydroxylation is 4. The van der Waals surface area contributed by atoms with E-state index in [0.29, 0.717) is 0 Å². The number of hydrogen-bond acceptors (Lipinski definition) is 3. The highest BCUT2D eigenvalue weighted by Gasteiger charge is 2.14. The van der Waals surface area contributed by atoms with Crippen LogP contribution in [0.25, 0.3) is 11.1 Å². The van der Waals surface area contributed by atoms with Crippen molar-refractivity contribution in [1.29, 1.82) is 0 Å². The Balaban J connectivity index is 1.65. The molecule has 0 saturated heterocycles. The van der Waals surface area contributed by atoms with E-state index in [4.69, 9.17) is 4.74 Å². The molecule has 176 valence electrons. The Morgan fingerprint density at radius 1 is 0.686 bits per heavy atom. The first-order valence-corrected chi connectivity index (χ1v) is 11.8. The molecule has 4 aromatic carbocycles. The minimum absolute atomic E-state index is 0.241. The molecule has 0 N–H and O–H groups in total. The standard InChI is InChI=1S/C32H31NO2/c1-6-32(34)35-21-26-9-11-27(12-10-26)28-13-17-29(18-14-28)33(30-15-7-22(2)24(4)19-30)31-16-8-23(3)25(5)20-31/h6-20H,1,21H2,2-5H3. The molecule has 0 heterocycles. The summed E-state index contributed by atoms with van der Waals surface area (Å²) in [6.07, 6.45) is 1.18. The lowest BCUT2D eigenvalue weighted by atomic mass is 10.0. The van der Waals surface area contributed by atoms with Gasteiger partial charge in [0, 0.05) is 23.1 Å². The van der Waals surface area contributed by atoms with E-state index in [1.165, 1.54) is 28.3 Å². The second-order valence-corrected chi connectivity index (χ2v) is 8.93. The van der Waals surface area contributed by atoms with Crippen LogP contribution in [0.2, 0.25) is 0 Å². The Morgan fingerprint density at radius 2 is 1.14 bits per heavy atom. The van der Waals surface area contributed by atoms with Gasteiger partial charge in [0.2, 0.25) is 0 Å². The molecule has 0 bridgehead atoms. The molecule has 0 aromatic heterocycles. The first-order valence-electron chi connectivity index (χ1n) is 11.8. The molecule has 4 aromatic rings. The van der Waals surface area contributed by atoms with Crippen molar-refractivity contribution < 1.29 is 9.53 Å². The Hall–Kier alpha value is -4.11. The number of ether oxygens (including phenoxy) is 1. The van der Waals surface area contributed by atoms with E-state index in [9.17, 15) is 4.79 Å². The van der Waals surface area contributed by atoms with Crippen LogP contribution in [0.5, 0.6) is 0 Å². The molecular formula is C32H31NO2. The summed E-state index contributed by atoms with van der Waals surface area (Å²) >= 11 is 0. The van der Waals surface area contributed by atoms with Gasteiger partial charge in [-0.05, 0) is 103 Å². The van der Waals surface area contributed by atoms with E-state index >= 15 is 0 Å². The van der Waals surface area contributed by atoms with Crippen molar-refractivity contribution in [2.45, 2.75) is 34.3 Å². The summed E-state index contributed by atoms with van der Waals surface area (Å²) in [7, 11) is 0. The molecule has 0 unspecified atom stereocenters. The molecule has 0 spiro atoms. The van der Waals surface area contributed by atoms with Crippen molar-refractivity contribution >= 4 is 23.0 Å². The highest BCUT2D eigenvalue weighted by atomic mass is 16.5. The zero-order valence-electron chi connectivity index (χ0n) is 20.8. The molecule has 3 nitrogen and oxygen atoms in total. The molecular weight excluding hydrogens is 430 g/mol. The normalized spacial score (nSPS) is 10.6. The molecule has 0 aliphatic rings. The van der Waals surface area contributed by atoms with Gasteiger partial charge in [0.25, 0.3) is 0 Å². The van der Waals surface area contributed by atoms with Gasteiger partial charge in [-0.25, -0.2) is 4.79 Å². The number of anilines is 3. The molecule has 0 fully saturated rings. The molecule has 0 radical (unpaired) electrons. The number of esters is 1. The van der Waals surface area contributed by atoms with Crippen molar-refractivity contribution in [1.82, 2.24) is 0 Å². The van der Waals surface area contributed by atoms with E-state index in [2.05, 4.69) is 112 Å². The fraction of sp³-hybridized carbons (Fsp3) is 0.156. The van der Waals surface area contributed by atoms with Crippen LogP contribution in [-0.4, -0.2) is 5.97 Å². The highest BCUT2D eigenvalue weighted by molar-refractivity contribution is 5.81. The van der Waals surface area contributed by atoms with Crippen LogP contribution in [-0.2, 0) is 16.1 Å². The molecule has 35 heavy (non-hydrogen) atoms. The topological polar surface area (TPSA) is 29.5 Å². The van der Waals surface area contributed by atoms with Gasteiger partial charge in [0.15, 0.2) is 0 Å². The fourth-order valence-corrected chi connectivity index (χ4v) is 3.99. The second-order valence-electron chi connectivity index (χ2n) is 8.93.